The highest BCUT2D eigenvalue weighted by atomic mass is 32.1. The number of aryl methyl sites for hydroxylation is 2. The zero-order valence-electron chi connectivity index (χ0n) is 9.79. The summed E-state index contributed by atoms with van der Waals surface area (Å²) in [5.41, 5.74) is 0. The Bertz CT molecular complexity index is 451. The second-order valence-corrected chi connectivity index (χ2v) is 6.02. The molecule has 0 bridgehead atoms. The van der Waals surface area contributed by atoms with Gasteiger partial charge in [-0.2, -0.15) is 0 Å². The van der Waals surface area contributed by atoms with E-state index in [4.69, 9.17) is 9.47 Å². The van der Waals surface area contributed by atoms with Crippen molar-refractivity contribution in [3.8, 4) is 21.3 Å². The molecule has 16 heavy (non-hydrogen) atoms. The predicted octanol–water partition coefficient (Wildman–Crippen LogP) is 4.11. The molecule has 0 spiro atoms. The molecule has 2 heterocycles. The molecule has 4 heteroatoms. The average Bonchev–Trinajstić information content (AvgIpc) is 2.80. The van der Waals surface area contributed by atoms with Crippen molar-refractivity contribution in [2.24, 2.45) is 0 Å². The summed E-state index contributed by atoms with van der Waals surface area (Å²) in [5.74, 6) is 1.87. The number of ether oxygens (including phenoxy) is 2. The molecule has 0 saturated heterocycles. The molecule has 0 unspecified atom stereocenters. The van der Waals surface area contributed by atoms with Crippen molar-refractivity contribution in [1.29, 1.82) is 0 Å². The molecule has 0 atom stereocenters. The summed E-state index contributed by atoms with van der Waals surface area (Å²) in [4.78, 5) is 4.82. The van der Waals surface area contributed by atoms with Crippen LogP contribution in [0.15, 0.2) is 12.1 Å². The molecule has 0 fully saturated rings. The lowest BCUT2D eigenvalue weighted by atomic mass is 10.3. The fourth-order valence-corrected chi connectivity index (χ4v) is 3.70. The Morgan fingerprint density at radius 3 is 1.50 bits per heavy atom. The van der Waals surface area contributed by atoms with Gasteiger partial charge in [0.1, 0.15) is 11.5 Å². The fourth-order valence-electron chi connectivity index (χ4n) is 1.60. The number of rotatable bonds is 3. The Hall–Kier alpha value is -1.00. The minimum Gasteiger partial charge on any atom is -0.495 e. The fraction of sp³-hybridized carbons (Fsp3) is 0.333. The van der Waals surface area contributed by atoms with E-state index in [0.29, 0.717) is 0 Å². The van der Waals surface area contributed by atoms with Crippen molar-refractivity contribution in [1.82, 2.24) is 0 Å². The predicted molar refractivity (Wildman–Crippen MR) is 70.2 cm³/mol. The molecule has 0 aliphatic rings. The minimum absolute atomic E-state index is 0.933. The van der Waals surface area contributed by atoms with Gasteiger partial charge < -0.3 is 9.47 Å². The van der Waals surface area contributed by atoms with Crippen LogP contribution in [-0.4, -0.2) is 14.2 Å². The molecular weight excluding hydrogens is 240 g/mol. The van der Waals surface area contributed by atoms with E-state index in [9.17, 15) is 0 Å². The van der Waals surface area contributed by atoms with E-state index in [1.54, 1.807) is 36.9 Å². The number of methoxy groups -OCH3 is 2. The zero-order valence-corrected chi connectivity index (χ0v) is 11.4. The lowest BCUT2D eigenvalue weighted by Gasteiger charge is -2.02. The molecule has 2 nitrogen and oxygen atoms in total. The second kappa shape index (κ2) is 4.47. The molecule has 2 rings (SSSR count). The van der Waals surface area contributed by atoms with Gasteiger partial charge in [-0.05, 0) is 26.0 Å². The third-order valence-electron chi connectivity index (χ3n) is 2.29. The first-order chi connectivity index (χ1) is 7.65. The SMILES string of the molecule is COc1cc(C)sc1-c1sc(C)cc1OC. The van der Waals surface area contributed by atoms with E-state index in [0.717, 1.165) is 21.3 Å². The molecule has 0 amide bonds. The lowest BCUT2D eigenvalue weighted by molar-refractivity contribution is 0.412. The summed E-state index contributed by atoms with van der Waals surface area (Å²) in [7, 11) is 3.41. The molecule has 2 aromatic heterocycles. The van der Waals surface area contributed by atoms with Gasteiger partial charge in [-0.3, -0.25) is 0 Å². The smallest absolute Gasteiger partial charge is 0.138 e. The Morgan fingerprint density at radius 2 is 1.19 bits per heavy atom. The van der Waals surface area contributed by atoms with E-state index in [-0.39, 0.29) is 0 Å². The van der Waals surface area contributed by atoms with E-state index < -0.39 is 0 Å². The van der Waals surface area contributed by atoms with Crippen molar-refractivity contribution in [2.75, 3.05) is 14.2 Å². The lowest BCUT2D eigenvalue weighted by Crippen LogP contribution is -1.84. The summed E-state index contributed by atoms with van der Waals surface area (Å²) in [6, 6.07) is 4.13. The molecule has 0 saturated carbocycles. The first kappa shape index (κ1) is 11.5. The maximum Gasteiger partial charge on any atom is 0.138 e. The molecule has 86 valence electrons. The van der Waals surface area contributed by atoms with Gasteiger partial charge >= 0.3 is 0 Å². The standard InChI is InChI=1S/C12H14O2S2/c1-7-5-9(13-3)11(15-7)12-10(14-4)6-8(2)16-12/h5-6H,1-4H3. The third-order valence-corrected chi connectivity index (χ3v) is 4.52. The van der Waals surface area contributed by atoms with Gasteiger partial charge in [0.2, 0.25) is 0 Å². The second-order valence-electron chi connectivity index (χ2n) is 3.51. The summed E-state index contributed by atoms with van der Waals surface area (Å²) >= 11 is 3.48. The molecule has 0 radical (unpaired) electrons. The normalized spacial score (nSPS) is 10.5. The third kappa shape index (κ3) is 1.95. The molecule has 2 aromatic rings. The Labute approximate surface area is 103 Å². The molecular formula is C12H14O2S2. The van der Waals surface area contributed by atoms with Crippen LogP contribution < -0.4 is 9.47 Å². The largest absolute Gasteiger partial charge is 0.495 e. The highest BCUT2D eigenvalue weighted by Crippen LogP contribution is 2.46. The van der Waals surface area contributed by atoms with Crippen LogP contribution in [0, 0.1) is 13.8 Å². The quantitative estimate of drug-likeness (QED) is 0.820. The van der Waals surface area contributed by atoms with Gasteiger partial charge in [0.05, 0.1) is 24.0 Å². The molecule has 0 aliphatic carbocycles. The zero-order chi connectivity index (χ0) is 11.7. The Morgan fingerprint density at radius 1 is 0.812 bits per heavy atom. The van der Waals surface area contributed by atoms with Gasteiger partial charge in [-0.25, -0.2) is 0 Å². The van der Waals surface area contributed by atoms with Crippen LogP contribution in [-0.2, 0) is 0 Å². The summed E-state index contributed by atoms with van der Waals surface area (Å²) in [6.07, 6.45) is 0. The highest BCUT2D eigenvalue weighted by Gasteiger charge is 2.16. The van der Waals surface area contributed by atoms with E-state index in [1.807, 2.05) is 0 Å². The van der Waals surface area contributed by atoms with Gasteiger partial charge in [0, 0.05) is 9.75 Å². The van der Waals surface area contributed by atoms with Crippen LogP contribution >= 0.6 is 22.7 Å². The molecule has 0 N–H and O–H groups in total. The minimum atomic E-state index is 0.933. The van der Waals surface area contributed by atoms with Gasteiger partial charge in [-0.15, -0.1) is 22.7 Å². The maximum atomic E-state index is 5.39. The number of hydrogen-bond acceptors (Lipinski definition) is 4. The van der Waals surface area contributed by atoms with Gasteiger partial charge in [-0.1, -0.05) is 0 Å². The Balaban J connectivity index is 2.56. The van der Waals surface area contributed by atoms with Crippen LogP contribution in [0.25, 0.3) is 9.75 Å². The molecule has 0 aliphatic heterocycles. The van der Waals surface area contributed by atoms with Crippen LogP contribution in [0.3, 0.4) is 0 Å². The van der Waals surface area contributed by atoms with Gasteiger partial charge in [0.15, 0.2) is 0 Å². The van der Waals surface area contributed by atoms with Crippen LogP contribution in [0.4, 0.5) is 0 Å². The first-order valence-electron chi connectivity index (χ1n) is 4.95. The summed E-state index contributed by atoms with van der Waals surface area (Å²) < 4.78 is 10.8. The van der Waals surface area contributed by atoms with E-state index in [1.165, 1.54) is 9.75 Å². The number of thiophene rings is 2. The van der Waals surface area contributed by atoms with Crippen molar-refractivity contribution < 1.29 is 9.47 Å². The topological polar surface area (TPSA) is 18.5 Å². The van der Waals surface area contributed by atoms with Crippen molar-refractivity contribution >= 4 is 22.7 Å². The number of hydrogen-bond donors (Lipinski definition) is 0. The maximum absolute atomic E-state index is 5.39. The van der Waals surface area contributed by atoms with Gasteiger partial charge in [0.25, 0.3) is 0 Å². The summed E-state index contributed by atoms with van der Waals surface area (Å²) in [6.45, 7) is 4.17. The van der Waals surface area contributed by atoms with Crippen LogP contribution in [0.5, 0.6) is 11.5 Å². The monoisotopic (exact) mass is 254 g/mol. The average molecular weight is 254 g/mol. The first-order valence-corrected chi connectivity index (χ1v) is 6.58. The summed E-state index contributed by atoms with van der Waals surface area (Å²) in [5, 5.41) is 0. The Kier molecular flexibility index (Phi) is 3.21. The highest BCUT2D eigenvalue weighted by molar-refractivity contribution is 7.22. The van der Waals surface area contributed by atoms with Crippen LogP contribution in [0.2, 0.25) is 0 Å². The van der Waals surface area contributed by atoms with Crippen molar-refractivity contribution in [3.05, 3.63) is 21.9 Å². The van der Waals surface area contributed by atoms with E-state index >= 15 is 0 Å². The molecule has 0 aromatic carbocycles. The van der Waals surface area contributed by atoms with Crippen molar-refractivity contribution in [2.45, 2.75) is 13.8 Å². The van der Waals surface area contributed by atoms with Crippen LogP contribution in [0.1, 0.15) is 9.75 Å². The van der Waals surface area contributed by atoms with E-state index in [2.05, 4.69) is 26.0 Å². The van der Waals surface area contributed by atoms with Crippen molar-refractivity contribution in [3.63, 3.8) is 0 Å².